The molecule has 0 aliphatic rings. The molecule has 0 saturated heterocycles. The van der Waals surface area contributed by atoms with E-state index in [2.05, 4.69) is 20.8 Å². The van der Waals surface area contributed by atoms with Gasteiger partial charge in [0.25, 0.3) is 5.91 Å². The van der Waals surface area contributed by atoms with Crippen molar-refractivity contribution in [1.82, 2.24) is 15.5 Å². The second kappa shape index (κ2) is 9.38. The molecule has 0 radical (unpaired) electrons. The molecule has 9 heteroatoms. The van der Waals surface area contributed by atoms with E-state index in [0.717, 1.165) is 0 Å². The largest absolute Gasteiger partial charge is 0.352 e. The Balaban J connectivity index is 1.46. The van der Waals surface area contributed by atoms with E-state index in [0.29, 0.717) is 39.3 Å². The number of amides is 2. The Morgan fingerprint density at radius 1 is 1.07 bits per heavy atom. The number of rotatable bonds is 7. The summed E-state index contributed by atoms with van der Waals surface area (Å²) < 4.78 is 12.9. The molecule has 2 amide bonds. The van der Waals surface area contributed by atoms with Gasteiger partial charge >= 0.3 is 0 Å². The van der Waals surface area contributed by atoms with Gasteiger partial charge in [0, 0.05) is 13.0 Å². The average molecular weight is 419 g/mol. The highest BCUT2D eigenvalue weighted by molar-refractivity contribution is 7.15. The lowest BCUT2D eigenvalue weighted by Gasteiger charge is -2.05. The topological polar surface area (TPSA) is 84.0 Å². The Bertz CT molecular complexity index is 978. The molecule has 0 unspecified atom stereocenters. The lowest BCUT2D eigenvalue weighted by Crippen LogP contribution is -2.25. The van der Waals surface area contributed by atoms with Crippen molar-refractivity contribution in [1.29, 1.82) is 0 Å². The Hall–Kier alpha value is -2.84. The van der Waals surface area contributed by atoms with E-state index < -0.39 is 0 Å². The van der Waals surface area contributed by atoms with Crippen molar-refractivity contribution < 1.29 is 14.0 Å². The molecular weight excluding hydrogens is 403 g/mol. The summed E-state index contributed by atoms with van der Waals surface area (Å²) in [5.41, 5.74) is 1.11. The molecule has 3 aromatic rings. The van der Waals surface area contributed by atoms with Crippen molar-refractivity contribution in [2.24, 2.45) is 0 Å². The molecular formula is C19H16ClFN4O2S. The van der Waals surface area contributed by atoms with E-state index >= 15 is 0 Å². The van der Waals surface area contributed by atoms with Crippen LogP contribution in [0.3, 0.4) is 0 Å². The summed E-state index contributed by atoms with van der Waals surface area (Å²) in [6.07, 6.45) is 0.588. The van der Waals surface area contributed by atoms with Gasteiger partial charge in [-0.2, -0.15) is 0 Å². The summed E-state index contributed by atoms with van der Waals surface area (Å²) in [7, 11) is 0. The predicted octanol–water partition coefficient (Wildman–Crippen LogP) is 3.48. The van der Waals surface area contributed by atoms with Gasteiger partial charge in [0.15, 0.2) is 0 Å². The molecule has 0 aliphatic heterocycles. The smallest absolute Gasteiger partial charge is 0.252 e. The van der Waals surface area contributed by atoms with Crippen LogP contribution in [0.15, 0.2) is 48.5 Å². The maximum absolute atomic E-state index is 12.9. The summed E-state index contributed by atoms with van der Waals surface area (Å²) in [6, 6.07) is 12.5. The fraction of sp³-hybridized carbons (Fsp3) is 0.158. The molecule has 2 aromatic carbocycles. The number of nitrogens with zero attached hydrogens (tertiary/aromatic N) is 2. The van der Waals surface area contributed by atoms with E-state index in [1.165, 1.54) is 23.5 Å². The number of hydrogen-bond acceptors (Lipinski definition) is 5. The minimum atomic E-state index is -0.348. The van der Waals surface area contributed by atoms with Crippen molar-refractivity contribution in [3.63, 3.8) is 0 Å². The Labute approximate surface area is 169 Å². The van der Waals surface area contributed by atoms with Crippen LogP contribution < -0.4 is 10.6 Å². The van der Waals surface area contributed by atoms with E-state index in [-0.39, 0.29) is 24.1 Å². The van der Waals surface area contributed by atoms with Gasteiger partial charge in [-0.05, 0) is 29.8 Å². The van der Waals surface area contributed by atoms with Crippen LogP contribution in [0.2, 0.25) is 5.02 Å². The number of anilines is 1. The average Bonchev–Trinajstić information content (AvgIpc) is 3.11. The molecule has 1 heterocycles. The minimum absolute atomic E-state index is 0.114. The van der Waals surface area contributed by atoms with Gasteiger partial charge in [-0.3, -0.25) is 9.59 Å². The number of aromatic nitrogens is 2. The second-order valence-electron chi connectivity index (χ2n) is 5.84. The Morgan fingerprint density at radius 3 is 2.57 bits per heavy atom. The van der Waals surface area contributed by atoms with E-state index in [9.17, 15) is 14.0 Å². The third-order valence-electron chi connectivity index (χ3n) is 3.73. The summed E-state index contributed by atoms with van der Waals surface area (Å²) in [5.74, 6) is -0.871. The van der Waals surface area contributed by atoms with Gasteiger partial charge in [-0.15, -0.1) is 10.2 Å². The van der Waals surface area contributed by atoms with Gasteiger partial charge < -0.3 is 10.6 Å². The quantitative estimate of drug-likeness (QED) is 0.615. The van der Waals surface area contributed by atoms with Gasteiger partial charge in [0.2, 0.25) is 11.0 Å². The summed E-state index contributed by atoms with van der Waals surface area (Å²) >= 11 is 7.23. The van der Waals surface area contributed by atoms with Gasteiger partial charge in [0.05, 0.1) is 17.0 Å². The molecule has 1 aromatic heterocycles. The van der Waals surface area contributed by atoms with E-state index in [1.807, 2.05) is 0 Å². The van der Waals surface area contributed by atoms with Crippen molar-refractivity contribution in [2.45, 2.75) is 12.8 Å². The monoisotopic (exact) mass is 418 g/mol. The van der Waals surface area contributed by atoms with Crippen LogP contribution in [-0.4, -0.2) is 28.6 Å². The third-order valence-corrected chi connectivity index (χ3v) is 4.96. The van der Waals surface area contributed by atoms with Crippen LogP contribution in [0.25, 0.3) is 0 Å². The molecule has 0 atom stereocenters. The number of benzene rings is 2. The molecule has 2 N–H and O–H groups in total. The standard InChI is InChI=1S/C19H16ClFN4O2S/c20-15-4-2-1-3-14(15)18(27)22-10-9-17-24-25-19(28-17)23-16(26)11-12-5-7-13(21)8-6-12/h1-8H,9-11H2,(H,22,27)(H,23,25,26). The number of hydrogen-bond donors (Lipinski definition) is 2. The fourth-order valence-electron chi connectivity index (χ4n) is 2.38. The fourth-order valence-corrected chi connectivity index (χ4v) is 3.36. The first-order valence-electron chi connectivity index (χ1n) is 8.40. The zero-order chi connectivity index (χ0) is 19.9. The zero-order valence-electron chi connectivity index (χ0n) is 14.6. The normalized spacial score (nSPS) is 10.5. The first kappa shape index (κ1) is 19.9. The van der Waals surface area contributed by atoms with Crippen molar-refractivity contribution >= 4 is 39.9 Å². The maximum Gasteiger partial charge on any atom is 0.252 e. The maximum atomic E-state index is 12.9. The second-order valence-corrected chi connectivity index (χ2v) is 7.31. The molecule has 0 bridgehead atoms. The summed E-state index contributed by atoms with van der Waals surface area (Å²) in [5, 5.41) is 14.8. The van der Waals surface area contributed by atoms with Gasteiger partial charge in [-0.1, -0.05) is 47.2 Å². The van der Waals surface area contributed by atoms with Crippen LogP contribution in [0.4, 0.5) is 9.52 Å². The minimum Gasteiger partial charge on any atom is -0.352 e. The molecule has 6 nitrogen and oxygen atoms in total. The lowest BCUT2D eigenvalue weighted by atomic mass is 10.1. The first-order chi connectivity index (χ1) is 13.5. The van der Waals surface area contributed by atoms with E-state index in [1.54, 1.807) is 36.4 Å². The molecule has 144 valence electrons. The molecule has 0 saturated carbocycles. The first-order valence-corrected chi connectivity index (χ1v) is 9.60. The predicted molar refractivity (Wildman–Crippen MR) is 106 cm³/mol. The van der Waals surface area contributed by atoms with Crippen molar-refractivity contribution in [3.05, 3.63) is 75.5 Å². The highest BCUT2D eigenvalue weighted by atomic mass is 35.5. The zero-order valence-corrected chi connectivity index (χ0v) is 16.2. The van der Waals surface area contributed by atoms with Crippen molar-refractivity contribution in [3.8, 4) is 0 Å². The number of carbonyl (C=O) groups excluding carboxylic acids is 2. The van der Waals surface area contributed by atoms with Crippen LogP contribution in [0.5, 0.6) is 0 Å². The van der Waals surface area contributed by atoms with Gasteiger partial charge in [-0.25, -0.2) is 4.39 Å². The molecule has 28 heavy (non-hydrogen) atoms. The number of carbonyl (C=O) groups is 2. The highest BCUT2D eigenvalue weighted by Gasteiger charge is 2.11. The summed E-state index contributed by atoms with van der Waals surface area (Å²) in [6.45, 7) is 0.363. The van der Waals surface area contributed by atoms with Crippen LogP contribution in [0.1, 0.15) is 20.9 Å². The van der Waals surface area contributed by atoms with Crippen LogP contribution in [-0.2, 0) is 17.6 Å². The van der Waals surface area contributed by atoms with Crippen molar-refractivity contribution in [2.75, 3.05) is 11.9 Å². The SMILES string of the molecule is O=C(Cc1ccc(F)cc1)Nc1nnc(CCNC(=O)c2ccccc2Cl)s1. The van der Waals surface area contributed by atoms with Gasteiger partial charge in [0.1, 0.15) is 10.8 Å². The Kier molecular flexibility index (Phi) is 6.67. The molecule has 0 aliphatic carbocycles. The summed E-state index contributed by atoms with van der Waals surface area (Å²) in [4.78, 5) is 24.1. The molecule has 0 fully saturated rings. The molecule has 3 rings (SSSR count). The Morgan fingerprint density at radius 2 is 1.82 bits per heavy atom. The van der Waals surface area contributed by atoms with Crippen LogP contribution >= 0.6 is 22.9 Å². The number of nitrogens with one attached hydrogen (secondary N) is 2. The number of halogens is 2. The third kappa shape index (κ3) is 5.58. The van der Waals surface area contributed by atoms with Crippen LogP contribution in [0, 0.1) is 5.82 Å². The van der Waals surface area contributed by atoms with E-state index in [4.69, 9.17) is 11.6 Å². The lowest BCUT2D eigenvalue weighted by molar-refractivity contribution is -0.115. The highest BCUT2D eigenvalue weighted by Crippen LogP contribution is 2.17. The molecule has 0 spiro atoms.